The van der Waals surface area contributed by atoms with E-state index in [0.29, 0.717) is 11.6 Å². The molecular formula is C15H16ClNO. The summed E-state index contributed by atoms with van der Waals surface area (Å²) in [6.07, 6.45) is 0.758. The molecule has 0 unspecified atom stereocenters. The van der Waals surface area contributed by atoms with Crippen LogP contribution in [0.4, 0.5) is 0 Å². The molecule has 2 nitrogen and oxygen atoms in total. The van der Waals surface area contributed by atoms with Crippen LogP contribution in [0.15, 0.2) is 42.5 Å². The molecule has 18 heavy (non-hydrogen) atoms. The number of halogens is 1. The van der Waals surface area contributed by atoms with Gasteiger partial charge in [0.05, 0.1) is 7.11 Å². The lowest BCUT2D eigenvalue weighted by atomic mass is 10.0. The van der Waals surface area contributed by atoms with Crippen LogP contribution in [-0.2, 0) is 13.0 Å². The van der Waals surface area contributed by atoms with Crippen molar-refractivity contribution in [2.24, 2.45) is 5.73 Å². The van der Waals surface area contributed by atoms with Crippen molar-refractivity contribution < 1.29 is 4.74 Å². The normalized spacial score (nSPS) is 10.4. The summed E-state index contributed by atoms with van der Waals surface area (Å²) in [5, 5.41) is 0.707. The minimum absolute atomic E-state index is 0.460. The first-order chi connectivity index (χ1) is 8.74. The van der Waals surface area contributed by atoms with Crippen LogP contribution >= 0.6 is 11.6 Å². The Kier molecular flexibility index (Phi) is 4.24. The number of rotatable bonds is 4. The van der Waals surface area contributed by atoms with Gasteiger partial charge in [-0.2, -0.15) is 0 Å². The van der Waals surface area contributed by atoms with Gasteiger partial charge < -0.3 is 10.5 Å². The average molecular weight is 262 g/mol. The number of nitrogens with two attached hydrogens (primary N) is 1. The van der Waals surface area contributed by atoms with Crippen LogP contribution in [0, 0.1) is 0 Å². The summed E-state index contributed by atoms with van der Waals surface area (Å²) >= 11 is 6.31. The van der Waals surface area contributed by atoms with E-state index in [0.717, 1.165) is 23.3 Å². The van der Waals surface area contributed by atoms with Gasteiger partial charge in [-0.3, -0.25) is 0 Å². The summed E-state index contributed by atoms with van der Waals surface area (Å²) in [4.78, 5) is 0. The van der Waals surface area contributed by atoms with Crippen LogP contribution in [0.3, 0.4) is 0 Å². The molecule has 0 aromatic heterocycles. The number of ether oxygens (including phenoxy) is 1. The van der Waals surface area contributed by atoms with E-state index in [1.807, 2.05) is 30.3 Å². The van der Waals surface area contributed by atoms with E-state index in [1.165, 1.54) is 5.56 Å². The third kappa shape index (κ3) is 2.84. The molecule has 0 amide bonds. The second kappa shape index (κ2) is 5.89. The van der Waals surface area contributed by atoms with E-state index in [2.05, 4.69) is 12.1 Å². The van der Waals surface area contributed by atoms with Crippen molar-refractivity contribution in [1.82, 2.24) is 0 Å². The van der Waals surface area contributed by atoms with Crippen molar-refractivity contribution in [1.29, 1.82) is 0 Å². The summed E-state index contributed by atoms with van der Waals surface area (Å²) < 4.78 is 5.40. The molecule has 0 saturated heterocycles. The summed E-state index contributed by atoms with van der Waals surface area (Å²) in [5.74, 6) is 0.798. The standard InChI is InChI=1S/C15H16ClNO/c1-18-15-9-12(10-17)8-14(16)13(15)7-11-5-3-2-4-6-11/h2-6,8-9H,7,10,17H2,1H3. The maximum absolute atomic E-state index is 6.31. The Bertz CT molecular complexity index is 526. The molecule has 0 aliphatic heterocycles. The van der Waals surface area contributed by atoms with Crippen LogP contribution < -0.4 is 10.5 Å². The van der Waals surface area contributed by atoms with Crippen molar-refractivity contribution in [3.8, 4) is 5.75 Å². The van der Waals surface area contributed by atoms with Crippen molar-refractivity contribution in [2.75, 3.05) is 7.11 Å². The van der Waals surface area contributed by atoms with Gasteiger partial charge in [0.25, 0.3) is 0 Å². The molecule has 94 valence electrons. The first-order valence-corrected chi connectivity index (χ1v) is 6.21. The van der Waals surface area contributed by atoms with E-state index in [1.54, 1.807) is 7.11 Å². The molecule has 0 atom stereocenters. The lowest BCUT2D eigenvalue weighted by Gasteiger charge is -2.12. The number of benzene rings is 2. The predicted octanol–water partition coefficient (Wildman–Crippen LogP) is 3.40. The molecule has 2 N–H and O–H groups in total. The zero-order valence-electron chi connectivity index (χ0n) is 10.3. The summed E-state index contributed by atoms with van der Waals surface area (Å²) in [6, 6.07) is 14.0. The maximum Gasteiger partial charge on any atom is 0.124 e. The second-order valence-corrected chi connectivity index (χ2v) is 4.53. The fourth-order valence-corrected chi connectivity index (χ4v) is 2.24. The zero-order valence-corrected chi connectivity index (χ0v) is 11.1. The third-order valence-corrected chi connectivity index (χ3v) is 3.23. The van der Waals surface area contributed by atoms with Gasteiger partial charge in [-0.15, -0.1) is 0 Å². The third-order valence-electron chi connectivity index (χ3n) is 2.89. The van der Waals surface area contributed by atoms with Gasteiger partial charge in [-0.1, -0.05) is 41.9 Å². The maximum atomic E-state index is 6.31. The smallest absolute Gasteiger partial charge is 0.124 e. The first kappa shape index (κ1) is 12.9. The van der Waals surface area contributed by atoms with E-state index in [-0.39, 0.29) is 0 Å². The van der Waals surface area contributed by atoms with Crippen molar-refractivity contribution >= 4 is 11.6 Å². The Balaban J connectivity index is 2.38. The second-order valence-electron chi connectivity index (χ2n) is 4.12. The summed E-state index contributed by atoms with van der Waals surface area (Å²) in [6.45, 7) is 0.460. The van der Waals surface area contributed by atoms with E-state index < -0.39 is 0 Å². The average Bonchev–Trinajstić information content (AvgIpc) is 2.42. The largest absolute Gasteiger partial charge is 0.496 e. The van der Waals surface area contributed by atoms with Crippen molar-refractivity contribution in [3.63, 3.8) is 0 Å². The molecule has 0 spiro atoms. The zero-order chi connectivity index (χ0) is 13.0. The molecule has 0 aliphatic rings. The van der Waals surface area contributed by atoms with Crippen LogP contribution in [0.2, 0.25) is 5.02 Å². The minimum Gasteiger partial charge on any atom is -0.496 e. The summed E-state index contributed by atoms with van der Waals surface area (Å²) in [5.41, 5.74) is 8.82. The van der Waals surface area contributed by atoms with E-state index in [9.17, 15) is 0 Å². The molecule has 0 radical (unpaired) electrons. The van der Waals surface area contributed by atoms with Gasteiger partial charge >= 0.3 is 0 Å². The molecule has 2 aromatic rings. The molecule has 2 aromatic carbocycles. The fraction of sp³-hybridized carbons (Fsp3) is 0.200. The molecule has 0 saturated carbocycles. The molecule has 0 fully saturated rings. The van der Waals surface area contributed by atoms with Gasteiger partial charge in [0.15, 0.2) is 0 Å². The topological polar surface area (TPSA) is 35.2 Å². The monoisotopic (exact) mass is 261 g/mol. The Morgan fingerprint density at radius 2 is 1.83 bits per heavy atom. The quantitative estimate of drug-likeness (QED) is 0.916. The van der Waals surface area contributed by atoms with Crippen LogP contribution in [0.25, 0.3) is 0 Å². The molecule has 0 aliphatic carbocycles. The molecule has 0 bridgehead atoms. The molecule has 3 heteroatoms. The highest BCUT2D eigenvalue weighted by atomic mass is 35.5. The predicted molar refractivity (Wildman–Crippen MR) is 75.1 cm³/mol. The molecular weight excluding hydrogens is 246 g/mol. The lowest BCUT2D eigenvalue weighted by Crippen LogP contribution is -2.01. The lowest BCUT2D eigenvalue weighted by molar-refractivity contribution is 0.410. The van der Waals surface area contributed by atoms with E-state index in [4.69, 9.17) is 22.1 Å². The molecule has 0 heterocycles. The number of hydrogen-bond acceptors (Lipinski definition) is 2. The molecule has 2 rings (SSSR count). The fourth-order valence-electron chi connectivity index (χ4n) is 1.94. The first-order valence-electron chi connectivity index (χ1n) is 5.84. The Morgan fingerprint density at radius 1 is 1.11 bits per heavy atom. The SMILES string of the molecule is COc1cc(CN)cc(Cl)c1Cc1ccccc1. The highest BCUT2D eigenvalue weighted by molar-refractivity contribution is 6.31. The van der Waals surface area contributed by atoms with Crippen molar-refractivity contribution in [2.45, 2.75) is 13.0 Å². The summed E-state index contributed by atoms with van der Waals surface area (Å²) in [7, 11) is 1.65. The van der Waals surface area contributed by atoms with Gasteiger partial charge in [-0.25, -0.2) is 0 Å². The van der Waals surface area contributed by atoms with Gasteiger partial charge in [0.2, 0.25) is 0 Å². The van der Waals surface area contributed by atoms with Crippen LogP contribution in [0.5, 0.6) is 5.75 Å². The highest BCUT2D eigenvalue weighted by Gasteiger charge is 2.10. The van der Waals surface area contributed by atoms with Crippen LogP contribution in [0.1, 0.15) is 16.7 Å². The van der Waals surface area contributed by atoms with Gasteiger partial charge in [0, 0.05) is 23.6 Å². The Hall–Kier alpha value is -1.51. The van der Waals surface area contributed by atoms with Crippen LogP contribution in [-0.4, -0.2) is 7.11 Å². The minimum atomic E-state index is 0.460. The van der Waals surface area contributed by atoms with Gasteiger partial charge in [-0.05, 0) is 23.3 Å². The highest BCUT2D eigenvalue weighted by Crippen LogP contribution is 2.30. The number of hydrogen-bond donors (Lipinski definition) is 1. The van der Waals surface area contributed by atoms with E-state index >= 15 is 0 Å². The Morgan fingerprint density at radius 3 is 2.44 bits per heavy atom. The van der Waals surface area contributed by atoms with Gasteiger partial charge in [0.1, 0.15) is 5.75 Å². The Labute approximate surface area is 112 Å². The number of methoxy groups -OCH3 is 1. The van der Waals surface area contributed by atoms with Crippen molar-refractivity contribution in [3.05, 3.63) is 64.2 Å².